The van der Waals surface area contributed by atoms with Crippen molar-refractivity contribution in [3.8, 4) is 6.07 Å². The van der Waals surface area contributed by atoms with E-state index in [4.69, 9.17) is 16.9 Å². The molecule has 104 valence electrons. The van der Waals surface area contributed by atoms with Gasteiger partial charge in [-0.1, -0.05) is 11.6 Å². The van der Waals surface area contributed by atoms with Crippen LogP contribution in [0.1, 0.15) is 25.8 Å². The van der Waals surface area contributed by atoms with Gasteiger partial charge < -0.3 is 5.32 Å². The topological polar surface area (TPSA) is 35.8 Å². The summed E-state index contributed by atoms with van der Waals surface area (Å²) < 4.78 is 38.4. The van der Waals surface area contributed by atoms with Gasteiger partial charge in [0.05, 0.1) is 17.0 Å². The van der Waals surface area contributed by atoms with Gasteiger partial charge in [0.1, 0.15) is 0 Å². The lowest BCUT2D eigenvalue weighted by Gasteiger charge is -2.18. The van der Waals surface area contributed by atoms with E-state index in [1.54, 1.807) is 13.8 Å². The third kappa shape index (κ3) is 4.64. The van der Waals surface area contributed by atoms with E-state index >= 15 is 0 Å². The SMILES string of the molecule is CC(C)(C#N)CCNc1ccc(Cl)cc1C(F)(F)F. The van der Waals surface area contributed by atoms with Gasteiger partial charge in [-0.3, -0.25) is 0 Å². The van der Waals surface area contributed by atoms with E-state index in [0.717, 1.165) is 6.07 Å². The van der Waals surface area contributed by atoms with Crippen molar-refractivity contribution in [2.45, 2.75) is 26.4 Å². The number of nitriles is 1. The number of alkyl halides is 3. The van der Waals surface area contributed by atoms with Crippen LogP contribution in [0.2, 0.25) is 5.02 Å². The van der Waals surface area contributed by atoms with Crippen molar-refractivity contribution < 1.29 is 13.2 Å². The van der Waals surface area contributed by atoms with Crippen LogP contribution in [0, 0.1) is 16.7 Å². The second-order valence-electron chi connectivity index (χ2n) is 4.86. The van der Waals surface area contributed by atoms with Crippen LogP contribution in [-0.2, 0) is 6.18 Å². The molecule has 19 heavy (non-hydrogen) atoms. The van der Waals surface area contributed by atoms with Crippen LogP contribution >= 0.6 is 11.6 Å². The number of halogens is 4. The van der Waals surface area contributed by atoms with E-state index in [1.807, 2.05) is 0 Å². The Bertz CT molecular complexity index is 490. The average Bonchev–Trinajstić information content (AvgIpc) is 2.29. The lowest BCUT2D eigenvalue weighted by molar-refractivity contribution is -0.136. The van der Waals surface area contributed by atoms with Gasteiger partial charge in [0.2, 0.25) is 0 Å². The molecule has 0 saturated heterocycles. The van der Waals surface area contributed by atoms with Crippen LogP contribution in [0.25, 0.3) is 0 Å². The number of hydrogen-bond donors (Lipinski definition) is 1. The second-order valence-corrected chi connectivity index (χ2v) is 5.30. The summed E-state index contributed by atoms with van der Waals surface area (Å²) in [5, 5.41) is 11.6. The molecular formula is C13H14ClF3N2. The highest BCUT2D eigenvalue weighted by Gasteiger charge is 2.33. The molecule has 0 radical (unpaired) electrons. The van der Waals surface area contributed by atoms with Crippen LogP contribution in [-0.4, -0.2) is 6.54 Å². The van der Waals surface area contributed by atoms with Crippen molar-refractivity contribution >= 4 is 17.3 Å². The minimum atomic E-state index is -4.46. The van der Waals surface area contributed by atoms with Gasteiger partial charge in [-0.15, -0.1) is 0 Å². The van der Waals surface area contributed by atoms with Gasteiger partial charge in [0, 0.05) is 17.3 Å². The lowest BCUT2D eigenvalue weighted by atomic mass is 9.91. The Balaban J connectivity index is 2.83. The summed E-state index contributed by atoms with van der Waals surface area (Å²) in [6.07, 6.45) is -4.01. The summed E-state index contributed by atoms with van der Waals surface area (Å²) in [5.41, 5.74) is -1.39. The molecule has 0 atom stereocenters. The van der Waals surface area contributed by atoms with E-state index in [2.05, 4.69) is 11.4 Å². The van der Waals surface area contributed by atoms with Crippen molar-refractivity contribution in [1.29, 1.82) is 5.26 Å². The maximum absolute atomic E-state index is 12.8. The molecule has 0 fully saturated rings. The minimum Gasteiger partial charge on any atom is -0.384 e. The Morgan fingerprint density at radius 3 is 2.47 bits per heavy atom. The van der Waals surface area contributed by atoms with Crippen LogP contribution in [0.5, 0.6) is 0 Å². The number of rotatable bonds is 4. The molecule has 1 rings (SSSR count). The molecule has 1 aromatic carbocycles. The van der Waals surface area contributed by atoms with Crippen molar-refractivity contribution in [1.82, 2.24) is 0 Å². The molecule has 0 heterocycles. The molecule has 2 nitrogen and oxygen atoms in total. The van der Waals surface area contributed by atoms with E-state index < -0.39 is 17.2 Å². The Kier molecular flexibility index (Phi) is 4.70. The first-order valence-corrected chi connectivity index (χ1v) is 6.05. The van der Waals surface area contributed by atoms with Gasteiger partial charge in [-0.2, -0.15) is 18.4 Å². The molecule has 6 heteroatoms. The molecule has 0 aliphatic carbocycles. The first-order chi connectivity index (χ1) is 8.65. The van der Waals surface area contributed by atoms with Gasteiger partial charge in [-0.05, 0) is 38.5 Å². The third-order valence-electron chi connectivity index (χ3n) is 2.66. The first-order valence-electron chi connectivity index (χ1n) is 5.67. The van der Waals surface area contributed by atoms with Crippen LogP contribution in [0.15, 0.2) is 18.2 Å². The molecule has 1 aromatic rings. The van der Waals surface area contributed by atoms with Gasteiger partial charge in [0.25, 0.3) is 0 Å². The quantitative estimate of drug-likeness (QED) is 0.871. The molecule has 1 N–H and O–H groups in total. The second kappa shape index (κ2) is 5.70. The average molecular weight is 291 g/mol. The summed E-state index contributed by atoms with van der Waals surface area (Å²) >= 11 is 5.58. The summed E-state index contributed by atoms with van der Waals surface area (Å²) in [6, 6.07) is 5.68. The molecular weight excluding hydrogens is 277 g/mol. The first kappa shape index (κ1) is 15.6. The van der Waals surface area contributed by atoms with Crippen molar-refractivity contribution in [2.75, 3.05) is 11.9 Å². The van der Waals surface area contributed by atoms with Crippen molar-refractivity contribution in [2.24, 2.45) is 5.41 Å². The fraction of sp³-hybridized carbons (Fsp3) is 0.462. The van der Waals surface area contributed by atoms with Gasteiger partial charge in [0.15, 0.2) is 0 Å². The number of benzene rings is 1. The Morgan fingerprint density at radius 1 is 1.32 bits per heavy atom. The van der Waals surface area contributed by atoms with Crippen LogP contribution in [0.4, 0.5) is 18.9 Å². The monoisotopic (exact) mass is 290 g/mol. The number of nitrogens with one attached hydrogen (secondary N) is 1. The molecule has 0 aliphatic rings. The van der Waals surface area contributed by atoms with Gasteiger partial charge in [-0.25, -0.2) is 0 Å². The van der Waals surface area contributed by atoms with Crippen LogP contribution in [0.3, 0.4) is 0 Å². The number of hydrogen-bond acceptors (Lipinski definition) is 2. The van der Waals surface area contributed by atoms with Gasteiger partial charge >= 0.3 is 6.18 Å². The zero-order chi connectivity index (χ0) is 14.7. The molecule has 0 amide bonds. The summed E-state index contributed by atoms with van der Waals surface area (Å²) in [4.78, 5) is 0. The Hall–Kier alpha value is -1.41. The van der Waals surface area contributed by atoms with E-state index in [-0.39, 0.29) is 17.3 Å². The minimum absolute atomic E-state index is 0.0226. The number of nitrogens with zero attached hydrogens (tertiary/aromatic N) is 1. The standard InChI is InChI=1S/C13H14ClF3N2/c1-12(2,8-18)5-6-19-11-4-3-9(14)7-10(11)13(15,16)17/h3-4,7,19H,5-6H2,1-2H3. The third-order valence-corrected chi connectivity index (χ3v) is 2.89. The highest BCUT2D eigenvalue weighted by molar-refractivity contribution is 6.30. The van der Waals surface area contributed by atoms with Crippen molar-refractivity contribution in [3.63, 3.8) is 0 Å². The molecule has 0 unspecified atom stereocenters. The maximum atomic E-state index is 12.8. The molecule has 0 spiro atoms. The predicted molar refractivity (Wildman–Crippen MR) is 69.0 cm³/mol. The summed E-state index contributed by atoms with van der Waals surface area (Å²) in [5.74, 6) is 0. The molecule has 0 aromatic heterocycles. The van der Waals surface area contributed by atoms with E-state index in [0.29, 0.717) is 6.42 Å². The normalized spacial score (nSPS) is 12.1. The fourth-order valence-corrected chi connectivity index (χ4v) is 1.64. The van der Waals surface area contributed by atoms with E-state index in [9.17, 15) is 13.2 Å². The largest absolute Gasteiger partial charge is 0.418 e. The lowest BCUT2D eigenvalue weighted by Crippen LogP contribution is -2.17. The summed E-state index contributed by atoms with van der Waals surface area (Å²) in [6.45, 7) is 3.76. The highest BCUT2D eigenvalue weighted by Crippen LogP contribution is 2.36. The zero-order valence-corrected chi connectivity index (χ0v) is 11.4. The summed E-state index contributed by atoms with van der Waals surface area (Å²) in [7, 11) is 0. The Morgan fingerprint density at radius 2 is 1.95 bits per heavy atom. The van der Waals surface area contributed by atoms with Crippen LogP contribution < -0.4 is 5.32 Å². The smallest absolute Gasteiger partial charge is 0.384 e. The molecule has 0 saturated carbocycles. The maximum Gasteiger partial charge on any atom is 0.418 e. The Labute approximate surface area is 115 Å². The van der Waals surface area contributed by atoms with E-state index in [1.165, 1.54) is 12.1 Å². The molecule has 0 bridgehead atoms. The van der Waals surface area contributed by atoms with Crippen molar-refractivity contribution in [3.05, 3.63) is 28.8 Å². The molecule has 0 aliphatic heterocycles. The highest BCUT2D eigenvalue weighted by atomic mass is 35.5. The predicted octanol–water partition coefficient (Wildman–Crippen LogP) is 4.71. The number of anilines is 1. The zero-order valence-electron chi connectivity index (χ0n) is 10.6. The fourth-order valence-electron chi connectivity index (χ4n) is 1.47.